The van der Waals surface area contributed by atoms with Crippen molar-refractivity contribution >= 4 is 34.8 Å². The minimum Gasteiger partial charge on any atom is -0.436 e. The highest BCUT2D eigenvalue weighted by molar-refractivity contribution is 6.43. The first kappa shape index (κ1) is 14.4. The number of nitrogens with zero attached hydrogens (tertiary/aromatic N) is 4. The van der Waals surface area contributed by atoms with Gasteiger partial charge in [-0.2, -0.15) is 15.5 Å². The standard InChI is InChI=1S/C12H3Cl3N4O/c13-6-1-8(15)11(2-7(6)14)20-12-5-18-9(3-16)10(4-17)19-12/h1-2,5H. The van der Waals surface area contributed by atoms with Gasteiger partial charge in [0.25, 0.3) is 0 Å². The van der Waals surface area contributed by atoms with Crippen LogP contribution < -0.4 is 4.74 Å². The summed E-state index contributed by atoms with van der Waals surface area (Å²) in [5, 5.41) is 18.4. The Kier molecular flexibility index (Phi) is 4.26. The predicted molar refractivity (Wildman–Crippen MR) is 73.0 cm³/mol. The molecule has 20 heavy (non-hydrogen) atoms. The molecule has 0 unspecified atom stereocenters. The number of nitriles is 2. The van der Waals surface area contributed by atoms with E-state index >= 15 is 0 Å². The second-order valence-electron chi connectivity index (χ2n) is 3.43. The average molecular weight is 326 g/mol. The predicted octanol–water partition coefficient (Wildman–Crippen LogP) is 3.97. The van der Waals surface area contributed by atoms with E-state index < -0.39 is 0 Å². The van der Waals surface area contributed by atoms with Gasteiger partial charge in [-0.1, -0.05) is 34.8 Å². The first-order chi connectivity index (χ1) is 9.55. The lowest BCUT2D eigenvalue weighted by atomic mass is 10.3. The molecule has 0 atom stereocenters. The summed E-state index contributed by atoms with van der Waals surface area (Å²) in [6.07, 6.45) is 1.21. The van der Waals surface area contributed by atoms with E-state index in [0.29, 0.717) is 0 Å². The molecule has 0 spiro atoms. The third-order valence-electron chi connectivity index (χ3n) is 2.15. The summed E-state index contributed by atoms with van der Waals surface area (Å²) in [5.41, 5.74) is -0.221. The van der Waals surface area contributed by atoms with E-state index in [1.54, 1.807) is 12.1 Å². The summed E-state index contributed by atoms with van der Waals surface area (Å²) in [6, 6.07) is 6.34. The van der Waals surface area contributed by atoms with Gasteiger partial charge in [-0.15, -0.1) is 0 Å². The fraction of sp³-hybridized carbons (Fsp3) is 0. The Morgan fingerprint density at radius 2 is 1.60 bits per heavy atom. The molecule has 0 aliphatic carbocycles. The SMILES string of the molecule is N#Cc1ncc(Oc2cc(Cl)c(Cl)cc2Cl)nc1C#N. The van der Waals surface area contributed by atoms with Crippen molar-refractivity contribution in [3.05, 3.63) is 44.8 Å². The molecule has 0 saturated heterocycles. The topological polar surface area (TPSA) is 82.6 Å². The van der Waals surface area contributed by atoms with Gasteiger partial charge in [-0.25, -0.2) is 4.98 Å². The average Bonchev–Trinajstić information content (AvgIpc) is 2.44. The quantitative estimate of drug-likeness (QED) is 0.780. The Balaban J connectivity index is 2.39. The lowest BCUT2D eigenvalue weighted by molar-refractivity contribution is 0.459. The van der Waals surface area contributed by atoms with Gasteiger partial charge >= 0.3 is 0 Å². The molecule has 5 nitrogen and oxygen atoms in total. The van der Waals surface area contributed by atoms with Crippen LogP contribution in [0.15, 0.2) is 18.3 Å². The van der Waals surface area contributed by atoms with E-state index in [9.17, 15) is 0 Å². The summed E-state index contributed by atoms with van der Waals surface area (Å²) in [6.45, 7) is 0. The van der Waals surface area contributed by atoms with Crippen LogP contribution in [0.25, 0.3) is 0 Å². The van der Waals surface area contributed by atoms with Gasteiger partial charge in [0.05, 0.1) is 21.3 Å². The summed E-state index contributed by atoms with van der Waals surface area (Å²) in [5.74, 6) is 0.227. The zero-order valence-corrected chi connectivity index (χ0v) is 11.8. The van der Waals surface area contributed by atoms with Crippen molar-refractivity contribution in [2.45, 2.75) is 0 Å². The Hall–Kier alpha value is -2.05. The van der Waals surface area contributed by atoms with Crippen LogP contribution >= 0.6 is 34.8 Å². The molecule has 0 saturated carbocycles. The van der Waals surface area contributed by atoms with Gasteiger partial charge in [0.2, 0.25) is 5.88 Å². The van der Waals surface area contributed by atoms with Crippen molar-refractivity contribution in [2.75, 3.05) is 0 Å². The molecule has 98 valence electrons. The monoisotopic (exact) mass is 324 g/mol. The fourth-order valence-electron chi connectivity index (χ4n) is 1.28. The van der Waals surface area contributed by atoms with Crippen LogP contribution in [-0.2, 0) is 0 Å². The molecular weight excluding hydrogens is 323 g/mol. The molecule has 0 fully saturated rings. The second kappa shape index (κ2) is 5.94. The minimum atomic E-state index is -0.138. The Bertz CT molecular complexity index is 765. The molecule has 0 bridgehead atoms. The zero-order valence-electron chi connectivity index (χ0n) is 9.56. The number of ether oxygens (including phenoxy) is 1. The maximum atomic E-state index is 8.85. The summed E-state index contributed by atoms with van der Waals surface area (Å²) in [7, 11) is 0. The first-order valence-corrected chi connectivity index (χ1v) is 6.18. The third kappa shape index (κ3) is 2.92. The van der Waals surface area contributed by atoms with Gasteiger partial charge in [-0.05, 0) is 6.07 Å². The Labute approximate surface area is 128 Å². The minimum absolute atomic E-state index is 0.0147. The van der Waals surface area contributed by atoms with Crippen molar-refractivity contribution < 1.29 is 4.74 Å². The van der Waals surface area contributed by atoms with Gasteiger partial charge in [0.1, 0.15) is 17.9 Å². The third-order valence-corrected chi connectivity index (χ3v) is 3.17. The van der Waals surface area contributed by atoms with Crippen LogP contribution in [-0.4, -0.2) is 9.97 Å². The van der Waals surface area contributed by atoms with E-state index in [-0.39, 0.29) is 38.1 Å². The largest absolute Gasteiger partial charge is 0.436 e. The van der Waals surface area contributed by atoms with Crippen LogP contribution in [0.5, 0.6) is 11.6 Å². The first-order valence-electron chi connectivity index (χ1n) is 5.04. The number of halogens is 3. The molecular formula is C12H3Cl3N4O. The molecule has 0 radical (unpaired) electrons. The van der Waals surface area contributed by atoms with Crippen LogP contribution in [0.3, 0.4) is 0 Å². The van der Waals surface area contributed by atoms with E-state index in [4.69, 9.17) is 50.1 Å². The van der Waals surface area contributed by atoms with Crippen molar-refractivity contribution in [2.24, 2.45) is 0 Å². The zero-order chi connectivity index (χ0) is 14.7. The number of hydrogen-bond acceptors (Lipinski definition) is 5. The van der Waals surface area contributed by atoms with Crippen LogP contribution in [0, 0.1) is 22.7 Å². The summed E-state index contributed by atoms with van der Waals surface area (Å²) >= 11 is 17.6. The highest BCUT2D eigenvalue weighted by Crippen LogP contribution is 2.35. The smallest absolute Gasteiger partial charge is 0.239 e. The highest BCUT2D eigenvalue weighted by atomic mass is 35.5. The molecule has 0 aliphatic rings. The molecule has 2 rings (SSSR count). The Morgan fingerprint density at radius 3 is 2.25 bits per heavy atom. The van der Waals surface area contributed by atoms with Crippen molar-refractivity contribution in [3.63, 3.8) is 0 Å². The normalized spacial score (nSPS) is 9.65. The number of hydrogen-bond donors (Lipinski definition) is 0. The van der Waals surface area contributed by atoms with Crippen LogP contribution in [0.4, 0.5) is 0 Å². The summed E-state index contributed by atoms with van der Waals surface area (Å²) in [4.78, 5) is 7.61. The second-order valence-corrected chi connectivity index (χ2v) is 4.65. The molecule has 0 N–H and O–H groups in total. The fourth-order valence-corrected chi connectivity index (χ4v) is 1.85. The van der Waals surface area contributed by atoms with Gasteiger partial charge in [0, 0.05) is 6.07 Å². The van der Waals surface area contributed by atoms with Gasteiger partial charge in [0.15, 0.2) is 11.4 Å². The molecule has 1 aromatic heterocycles. The number of rotatable bonds is 2. The Morgan fingerprint density at radius 1 is 0.950 bits per heavy atom. The lowest BCUT2D eigenvalue weighted by Crippen LogP contribution is -1.97. The van der Waals surface area contributed by atoms with E-state index in [1.165, 1.54) is 18.3 Å². The van der Waals surface area contributed by atoms with Crippen molar-refractivity contribution in [1.82, 2.24) is 9.97 Å². The van der Waals surface area contributed by atoms with Crippen molar-refractivity contribution in [1.29, 1.82) is 10.5 Å². The maximum absolute atomic E-state index is 8.85. The molecule has 1 aromatic carbocycles. The van der Waals surface area contributed by atoms with E-state index in [0.717, 1.165) is 0 Å². The number of benzene rings is 1. The van der Waals surface area contributed by atoms with E-state index in [1.807, 2.05) is 0 Å². The molecule has 8 heteroatoms. The lowest BCUT2D eigenvalue weighted by Gasteiger charge is -2.08. The highest BCUT2D eigenvalue weighted by Gasteiger charge is 2.11. The van der Waals surface area contributed by atoms with Crippen LogP contribution in [0.1, 0.15) is 11.4 Å². The van der Waals surface area contributed by atoms with Gasteiger partial charge in [-0.3, -0.25) is 0 Å². The van der Waals surface area contributed by atoms with Gasteiger partial charge < -0.3 is 4.74 Å². The molecule has 0 amide bonds. The molecule has 1 heterocycles. The van der Waals surface area contributed by atoms with E-state index in [2.05, 4.69) is 9.97 Å². The van der Waals surface area contributed by atoms with Crippen molar-refractivity contribution in [3.8, 4) is 23.8 Å². The maximum Gasteiger partial charge on any atom is 0.239 e. The van der Waals surface area contributed by atoms with Crippen LogP contribution in [0.2, 0.25) is 15.1 Å². The number of aromatic nitrogens is 2. The summed E-state index contributed by atoms with van der Waals surface area (Å²) < 4.78 is 5.38. The molecule has 2 aromatic rings. The molecule has 0 aliphatic heterocycles.